The molecule has 7 heteroatoms. The van der Waals surface area contributed by atoms with Crippen molar-refractivity contribution < 1.29 is 14.6 Å². The fourth-order valence-corrected chi connectivity index (χ4v) is 3.39. The van der Waals surface area contributed by atoms with Crippen LogP contribution in [0.4, 0.5) is 0 Å². The second-order valence-electron chi connectivity index (χ2n) is 8.18. The van der Waals surface area contributed by atoms with Gasteiger partial charge in [0.1, 0.15) is 5.75 Å². The first kappa shape index (κ1) is 24.2. The molecule has 29 heavy (non-hydrogen) atoms. The van der Waals surface area contributed by atoms with E-state index in [-0.39, 0.29) is 36.0 Å². The summed E-state index contributed by atoms with van der Waals surface area (Å²) < 4.78 is 11.5. The maximum Gasteiger partial charge on any atom is 0.191 e. The van der Waals surface area contributed by atoms with Gasteiger partial charge in [0.25, 0.3) is 0 Å². The Hall–Kier alpha value is -1.06. The van der Waals surface area contributed by atoms with Gasteiger partial charge < -0.3 is 25.2 Å². The smallest absolute Gasteiger partial charge is 0.191 e. The Morgan fingerprint density at radius 1 is 1.28 bits per heavy atom. The van der Waals surface area contributed by atoms with Crippen LogP contribution in [0.2, 0.25) is 0 Å². The van der Waals surface area contributed by atoms with Crippen molar-refractivity contribution in [3.63, 3.8) is 0 Å². The number of hydrogen-bond acceptors (Lipinski definition) is 4. The molecule has 1 saturated heterocycles. The number of benzene rings is 1. The van der Waals surface area contributed by atoms with E-state index in [4.69, 9.17) is 14.5 Å². The number of rotatable bonds is 9. The first-order valence-corrected chi connectivity index (χ1v) is 10.6. The molecule has 0 unspecified atom stereocenters. The second-order valence-corrected chi connectivity index (χ2v) is 8.18. The van der Waals surface area contributed by atoms with Crippen molar-refractivity contribution in [1.82, 2.24) is 10.6 Å². The molecule has 0 spiro atoms. The zero-order chi connectivity index (χ0) is 19.8. The maximum atomic E-state index is 9.89. The Labute approximate surface area is 191 Å². The quantitative estimate of drug-likeness (QED) is 0.267. The molecular weight excluding hydrogens is 481 g/mol. The van der Waals surface area contributed by atoms with Gasteiger partial charge in [0.05, 0.1) is 19.8 Å². The highest BCUT2D eigenvalue weighted by Gasteiger charge is 2.32. The standard InChI is InChI=1S/C22H35N3O3.HI/c1-3-23-21(25-15-22(16-26)8-10-27-11-9-22)24-13-19-7-4-17(2)12-20(19)28-14-18-5-6-18;/h4,7,12,18,26H,3,5-6,8-11,13-16H2,1-2H3,(H2,23,24,25);1H. The highest BCUT2D eigenvalue weighted by molar-refractivity contribution is 14.0. The summed E-state index contributed by atoms with van der Waals surface area (Å²) in [6, 6.07) is 6.33. The first-order chi connectivity index (χ1) is 13.6. The van der Waals surface area contributed by atoms with Gasteiger partial charge in [0.15, 0.2) is 5.96 Å². The van der Waals surface area contributed by atoms with E-state index in [2.05, 4.69) is 42.7 Å². The highest BCUT2D eigenvalue weighted by atomic mass is 127. The lowest BCUT2D eigenvalue weighted by Crippen LogP contribution is -2.47. The summed E-state index contributed by atoms with van der Waals surface area (Å²) >= 11 is 0. The fraction of sp³-hybridized carbons (Fsp3) is 0.682. The third-order valence-electron chi connectivity index (χ3n) is 5.67. The van der Waals surface area contributed by atoms with E-state index in [9.17, 15) is 5.11 Å². The third kappa shape index (κ3) is 7.61. The number of nitrogens with zero attached hydrogens (tertiary/aromatic N) is 1. The molecular formula is C22H36IN3O3. The van der Waals surface area contributed by atoms with Crippen LogP contribution in [0.3, 0.4) is 0 Å². The predicted octanol–water partition coefficient (Wildman–Crippen LogP) is 3.25. The molecule has 1 aromatic rings. The van der Waals surface area contributed by atoms with Gasteiger partial charge >= 0.3 is 0 Å². The number of halogens is 1. The van der Waals surface area contributed by atoms with Crippen LogP contribution in [-0.4, -0.2) is 50.6 Å². The molecule has 0 aromatic heterocycles. The molecule has 3 rings (SSSR count). The topological polar surface area (TPSA) is 75.1 Å². The zero-order valence-electron chi connectivity index (χ0n) is 17.7. The van der Waals surface area contributed by atoms with E-state index in [0.29, 0.717) is 26.3 Å². The van der Waals surface area contributed by atoms with E-state index in [0.717, 1.165) is 49.2 Å². The van der Waals surface area contributed by atoms with Gasteiger partial charge in [-0.25, -0.2) is 4.99 Å². The summed E-state index contributed by atoms with van der Waals surface area (Å²) in [4.78, 5) is 4.77. The number of nitrogens with one attached hydrogen (secondary N) is 2. The SMILES string of the molecule is CCNC(=NCc1ccc(C)cc1OCC1CC1)NCC1(CO)CCOCC1.I. The van der Waals surface area contributed by atoms with Crippen molar-refractivity contribution in [3.8, 4) is 5.75 Å². The minimum absolute atomic E-state index is 0. The Bertz CT molecular complexity index is 659. The van der Waals surface area contributed by atoms with Crippen LogP contribution in [-0.2, 0) is 11.3 Å². The van der Waals surface area contributed by atoms with Crippen LogP contribution < -0.4 is 15.4 Å². The summed E-state index contributed by atoms with van der Waals surface area (Å²) in [5, 5.41) is 16.6. The van der Waals surface area contributed by atoms with Crippen molar-refractivity contribution in [2.24, 2.45) is 16.3 Å². The molecule has 2 fully saturated rings. The van der Waals surface area contributed by atoms with Gasteiger partial charge in [-0.3, -0.25) is 0 Å². The second kappa shape index (κ2) is 12.0. The van der Waals surface area contributed by atoms with Gasteiger partial charge in [0.2, 0.25) is 0 Å². The van der Waals surface area contributed by atoms with E-state index in [1.54, 1.807) is 0 Å². The van der Waals surface area contributed by atoms with Gasteiger partial charge in [-0.05, 0) is 57.1 Å². The maximum absolute atomic E-state index is 9.89. The van der Waals surface area contributed by atoms with Crippen molar-refractivity contribution in [3.05, 3.63) is 29.3 Å². The van der Waals surface area contributed by atoms with Crippen LogP contribution in [0.5, 0.6) is 5.75 Å². The van der Waals surface area contributed by atoms with E-state index in [1.165, 1.54) is 18.4 Å². The third-order valence-corrected chi connectivity index (χ3v) is 5.67. The molecule has 1 saturated carbocycles. The predicted molar refractivity (Wildman–Crippen MR) is 127 cm³/mol. The lowest BCUT2D eigenvalue weighted by Gasteiger charge is -2.36. The molecule has 2 aliphatic rings. The van der Waals surface area contributed by atoms with Gasteiger partial charge in [-0.2, -0.15) is 0 Å². The molecule has 0 atom stereocenters. The first-order valence-electron chi connectivity index (χ1n) is 10.6. The van der Waals surface area contributed by atoms with Crippen LogP contribution >= 0.6 is 24.0 Å². The summed E-state index contributed by atoms with van der Waals surface area (Å²) in [5.41, 5.74) is 2.18. The molecule has 0 bridgehead atoms. The number of guanidine groups is 1. The van der Waals surface area contributed by atoms with Crippen molar-refractivity contribution >= 4 is 29.9 Å². The van der Waals surface area contributed by atoms with Crippen LogP contribution in [0.15, 0.2) is 23.2 Å². The Morgan fingerprint density at radius 3 is 2.69 bits per heavy atom. The number of aliphatic imine (C=N–C) groups is 1. The molecule has 0 radical (unpaired) electrons. The number of aryl methyl sites for hydroxylation is 1. The number of aliphatic hydroxyl groups excluding tert-OH is 1. The average molecular weight is 517 g/mol. The average Bonchev–Trinajstić information content (AvgIpc) is 3.54. The molecule has 1 aliphatic carbocycles. The van der Waals surface area contributed by atoms with Gasteiger partial charge in [-0.15, -0.1) is 24.0 Å². The Morgan fingerprint density at radius 2 is 2.03 bits per heavy atom. The van der Waals surface area contributed by atoms with Crippen molar-refractivity contribution in [2.45, 2.75) is 46.1 Å². The molecule has 1 aromatic carbocycles. The fourth-order valence-electron chi connectivity index (χ4n) is 3.39. The minimum atomic E-state index is -0.128. The molecule has 164 valence electrons. The monoisotopic (exact) mass is 517 g/mol. The van der Waals surface area contributed by atoms with E-state index < -0.39 is 0 Å². The summed E-state index contributed by atoms with van der Waals surface area (Å²) in [5.74, 6) is 2.45. The van der Waals surface area contributed by atoms with Gasteiger partial charge in [0, 0.05) is 37.3 Å². The van der Waals surface area contributed by atoms with Crippen LogP contribution in [0.25, 0.3) is 0 Å². The minimum Gasteiger partial charge on any atom is -0.493 e. The largest absolute Gasteiger partial charge is 0.493 e. The summed E-state index contributed by atoms with van der Waals surface area (Å²) in [7, 11) is 0. The molecule has 0 amide bonds. The number of aliphatic hydroxyl groups is 1. The summed E-state index contributed by atoms with van der Waals surface area (Å²) in [6.45, 7) is 8.58. The highest BCUT2D eigenvalue weighted by Crippen LogP contribution is 2.31. The van der Waals surface area contributed by atoms with Crippen molar-refractivity contribution in [1.29, 1.82) is 0 Å². The normalized spacial score (nSPS) is 18.7. The van der Waals surface area contributed by atoms with E-state index >= 15 is 0 Å². The van der Waals surface area contributed by atoms with E-state index in [1.807, 2.05) is 0 Å². The lowest BCUT2D eigenvalue weighted by atomic mass is 9.81. The lowest BCUT2D eigenvalue weighted by molar-refractivity contribution is -0.0131. The number of ether oxygens (including phenoxy) is 2. The molecule has 1 aliphatic heterocycles. The Kier molecular flexibility index (Phi) is 9.98. The van der Waals surface area contributed by atoms with Crippen LogP contribution in [0, 0.1) is 18.3 Å². The molecule has 6 nitrogen and oxygen atoms in total. The molecule has 3 N–H and O–H groups in total. The number of hydrogen-bond donors (Lipinski definition) is 3. The van der Waals surface area contributed by atoms with Crippen molar-refractivity contribution in [2.75, 3.05) is 39.5 Å². The zero-order valence-corrected chi connectivity index (χ0v) is 20.0. The van der Waals surface area contributed by atoms with Gasteiger partial charge in [-0.1, -0.05) is 12.1 Å². The summed E-state index contributed by atoms with van der Waals surface area (Å²) in [6.07, 6.45) is 4.30. The molecule has 1 heterocycles. The Balaban J connectivity index is 0.00000300. The van der Waals surface area contributed by atoms with Crippen LogP contribution in [0.1, 0.15) is 43.7 Å².